The van der Waals surface area contributed by atoms with E-state index in [1.807, 2.05) is 19.2 Å². The molecule has 0 spiro atoms. The molecular formula is C16H23NO3S. The predicted molar refractivity (Wildman–Crippen MR) is 83.7 cm³/mol. The van der Waals surface area contributed by atoms with Gasteiger partial charge in [0.2, 0.25) is 0 Å². The number of hydrogen-bond acceptors (Lipinski definition) is 4. The largest absolute Gasteiger partial charge is 0.467 e. The van der Waals surface area contributed by atoms with Crippen LogP contribution in [0.2, 0.25) is 0 Å². The Balaban J connectivity index is 2.11. The maximum absolute atomic E-state index is 12.5. The van der Waals surface area contributed by atoms with E-state index in [4.69, 9.17) is 4.74 Å². The molecule has 0 saturated carbocycles. The van der Waals surface area contributed by atoms with Gasteiger partial charge >= 0.3 is 5.97 Å². The van der Waals surface area contributed by atoms with Gasteiger partial charge in [0.15, 0.2) is 0 Å². The first-order chi connectivity index (χ1) is 10.0. The molecule has 1 amide bonds. The van der Waals surface area contributed by atoms with E-state index in [-0.39, 0.29) is 11.9 Å². The number of esters is 1. The van der Waals surface area contributed by atoms with Crippen molar-refractivity contribution in [2.75, 3.05) is 7.11 Å². The lowest BCUT2D eigenvalue weighted by Gasteiger charge is -2.19. The van der Waals surface area contributed by atoms with Gasteiger partial charge < -0.3 is 10.1 Å². The first-order valence-corrected chi connectivity index (χ1v) is 8.38. The Hall–Kier alpha value is -1.36. The molecule has 0 bridgehead atoms. The lowest BCUT2D eigenvalue weighted by Crippen LogP contribution is -2.42. The van der Waals surface area contributed by atoms with Crippen LogP contribution in [-0.2, 0) is 22.4 Å². The average Bonchev–Trinajstić information content (AvgIpc) is 2.89. The van der Waals surface area contributed by atoms with Crippen molar-refractivity contribution in [3.63, 3.8) is 0 Å². The van der Waals surface area contributed by atoms with E-state index in [9.17, 15) is 9.59 Å². The molecular weight excluding hydrogens is 286 g/mol. The molecule has 0 aliphatic heterocycles. The summed E-state index contributed by atoms with van der Waals surface area (Å²) in [5.41, 5.74) is 1.92. The number of nitrogens with one attached hydrogen (secondary N) is 1. The normalized spacial score (nSPS) is 15.4. The summed E-state index contributed by atoms with van der Waals surface area (Å²) in [7, 11) is 1.36. The highest BCUT2D eigenvalue weighted by Crippen LogP contribution is 2.30. The summed E-state index contributed by atoms with van der Waals surface area (Å²) in [5, 5.41) is 4.77. The zero-order chi connectivity index (χ0) is 15.4. The highest BCUT2D eigenvalue weighted by molar-refractivity contribution is 7.10. The number of rotatable bonds is 5. The summed E-state index contributed by atoms with van der Waals surface area (Å²) in [5.74, 6) is -0.211. The fraction of sp³-hybridized carbons (Fsp3) is 0.625. The molecule has 1 unspecified atom stereocenters. The first-order valence-electron chi connectivity index (χ1n) is 7.50. The number of aryl methyl sites for hydroxylation is 1. The molecule has 21 heavy (non-hydrogen) atoms. The quantitative estimate of drug-likeness (QED) is 0.851. The van der Waals surface area contributed by atoms with Crippen LogP contribution >= 0.6 is 11.3 Å². The van der Waals surface area contributed by atoms with Crippen LogP contribution in [0.15, 0.2) is 5.38 Å². The van der Waals surface area contributed by atoms with Crippen LogP contribution in [0.3, 0.4) is 0 Å². The second kappa shape index (κ2) is 7.07. The topological polar surface area (TPSA) is 55.4 Å². The van der Waals surface area contributed by atoms with Crippen LogP contribution in [0.4, 0.5) is 0 Å². The average molecular weight is 309 g/mol. The van der Waals surface area contributed by atoms with E-state index in [0.29, 0.717) is 12.3 Å². The molecule has 2 rings (SSSR count). The number of fused-ring (bicyclic) bond motifs is 1. The van der Waals surface area contributed by atoms with Gasteiger partial charge in [-0.2, -0.15) is 0 Å². The number of ether oxygens (including phenoxy) is 1. The fourth-order valence-electron chi connectivity index (χ4n) is 2.75. The monoisotopic (exact) mass is 309 g/mol. The Morgan fingerprint density at radius 3 is 2.71 bits per heavy atom. The number of hydrogen-bond donors (Lipinski definition) is 1. The van der Waals surface area contributed by atoms with E-state index < -0.39 is 6.04 Å². The van der Waals surface area contributed by atoms with E-state index in [2.05, 4.69) is 5.32 Å². The fourth-order valence-corrected chi connectivity index (χ4v) is 3.87. The van der Waals surface area contributed by atoms with Gasteiger partial charge in [0.1, 0.15) is 6.04 Å². The number of carbonyl (C=O) groups is 2. The van der Waals surface area contributed by atoms with E-state index in [1.165, 1.54) is 24.0 Å². The van der Waals surface area contributed by atoms with Crippen LogP contribution in [-0.4, -0.2) is 25.0 Å². The minimum absolute atomic E-state index is 0.148. The summed E-state index contributed by atoms with van der Waals surface area (Å²) < 4.78 is 4.79. The Bertz CT molecular complexity index is 522. The number of methoxy groups -OCH3 is 1. The van der Waals surface area contributed by atoms with E-state index >= 15 is 0 Å². The zero-order valence-electron chi connectivity index (χ0n) is 12.9. The lowest BCUT2D eigenvalue weighted by molar-refractivity contribution is -0.143. The number of carbonyl (C=O) groups excluding carboxylic acids is 2. The maximum Gasteiger partial charge on any atom is 0.328 e. The third-order valence-electron chi connectivity index (χ3n) is 3.80. The first kappa shape index (κ1) is 16.0. The minimum Gasteiger partial charge on any atom is -0.467 e. The van der Waals surface area contributed by atoms with Crippen molar-refractivity contribution < 1.29 is 14.3 Å². The van der Waals surface area contributed by atoms with Crippen LogP contribution in [0, 0.1) is 5.92 Å². The van der Waals surface area contributed by atoms with Gasteiger partial charge in [-0.05, 0) is 43.6 Å². The molecule has 1 aliphatic carbocycles. The SMILES string of the molecule is COC(=O)C(CC(C)C)NC(=O)c1csc2c1CCCC2. The Labute approximate surface area is 129 Å². The molecule has 0 aromatic carbocycles. The van der Waals surface area contributed by atoms with Gasteiger partial charge in [0.25, 0.3) is 5.91 Å². The second-order valence-corrected chi connectivity index (χ2v) is 6.90. The molecule has 1 aromatic rings. The zero-order valence-corrected chi connectivity index (χ0v) is 13.7. The van der Waals surface area contributed by atoms with Crippen molar-refractivity contribution in [2.24, 2.45) is 5.92 Å². The van der Waals surface area contributed by atoms with Crippen molar-refractivity contribution in [3.8, 4) is 0 Å². The summed E-state index contributed by atoms with van der Waals surface area (Å²) in [4.78, 5) is 25.6. The molecule has 4 nitrogen and oxygen atoms in total. The molecule has 1 atom stereocenters. The maximum atomic E-state index is 12.5. The van der Waals surface area contributed by atoms with Gasteiger partial charge in [-0.15, -0.1) is 11.3 Å². The third kappa shape index (κ3) is 3.84. The van der Waals surface area contributed by atoms with Crippen molar-refractivity contribution in [1.82, 2.24) is 5.32 Å². The third-order valence-corrected chi connectivity index (χ3v) is 4.89. The summed E-state index contributed by atoms with van der Waals surface area (Å²) >= 11 is 1.66. The Kier molecular flexibility index (Phi) is 5.39. The van der Waals surface area contributed by atoms with Gasteiger partial charge in [-0.25, -0.2) is 4.79 Å². The Morgan fingerprint density at radius 1 is 1.33 bits per heavy atom. The second-order valence-electron chi connectivity index (χ2n) is 5.94. The van der Waals surface area contributed by atoms with Gasteiger partial charge in [-0.1, -0.05) is 13.8 Å². The van der Waals surface area contributed by atoms with Crippen LogP contribution in [0.25, 0.3) is 0 Å². The molecule has 0 radical (unpaired) electrons. The number of amides is 1. The van der Waals surface area contributed by atoms with Crippen LogP contribution < -0.4 is 5.32 Å². The van der Waals surface area contributed by atoms with Crippen molar-refractivity contribution >= 4 is 23.2 Å². The standard InChI is InChI=1S/C16H23NO3S/c1-10(2)8-13(16(19)20-3)17-15(18)12-9-21-14-7-5-4-6-11(12)14/h9-10,13H,4-8H2,1-3H3,(H,17,18). The summed E-state index contributed by atoms with van der Waals surface area (Å²) in [6.45, 7) is 4.04. The summed E-state index contributed by atoms with van der Waals surface area (Å²) in [6, 6.07) is -0.568. The van der Waals surface area contributed by atoms with E-state index in [1.54, 1.807) is 11.3 Å². The molecule has 5 heteroatoms. The smallest absolute Gasteiger partial charge is 0.328 e. The minimum atomic E-state index is -0.568. The molecule has 1 heterocycles. The van der Waals surface area contributed by atoms with Crippen LogP contribution in [0.1, 0.15) is 53.9 Å². The van der Waals surface area contributed by atoms with Crippen molar-refractivity contribution in [2.45, 2.75) is 52.0 Å². The van der Waals surface area contributed by atoms with Gasteiger partial charge in [-0.3, -0.25) is 4.79 Å². The highest BCUT2D eigenvalue weighted by Gasteiger charge is 2.26. The van der Waals surface area contributed by atoms with E-state index in [0.717, 1.165) is 24.8 Å². The molecule has 1 N–H and O–H groups in total. The molecule has 1 aliphatic rings. The van der Waals surface area contributed by atoms with Crippen LogP contribution in [0.5, 0.6) is 0 Å². The molecule has 0 fully saturated rings. The van der Waals surface area contributed by atoms with Gasteiger partial charge in [0.05, 0.1) is 12.7 Å². The predicted octanol–water partition coefficient (Wildman–Crippen LogP) is 2.94. The van der Waals surface area contributed by atoms with Crippen molar-refractivity contribution in [3.05, 3.63) is 21.4 Å². The highest BCUT2D eigenvalue weighted by atomic mass is 32.1. The number of thiophene rings is 1. The molecule has 1 aromatic heterocycles. The lowest BCUT2D eigenvalue weighted by atomic mass is 9.95. The van der Waals surface area contributed by atoms with Gasteiger partial charge in [0, 0.05) is 10.3 Å². The molecule has 0 saturated heterocycles. The summed E-state index contributed by atoms with van der Waals surface area (Å²) in [6.07, 6.45) is 4.96. The Morgan fingerprint density at radius 2 is 2.05 bits per heavy atom. The van der Waals surface area contributed by atoms with Crippen molar-refractivity contribution in [1.29, 1.82) is 0 Å². The molecule has 116 valence electrons.